The van der Waals surface area contributed by atoms with E-state index in [9.17, 15) is 31.5 Å². The number of hydrogen-bond donors (Lipinski definition) is 3. The van der Waals surface area contributed by atoms with Crippen molar-refractivity contribution >= 4 is 22.8 Å². The molecule has 0 atom stereocenters. The molecule has 0 saturated heterocycles. The molecule has 4 rings (SSSR count). The minimum Gasteiger partial charge on any atom is -0.352 e. The average Bonchev–Trinajstić information content (AvgIpc) is 3.54. The fourth-order valence-electron chi connectivity index (χ4n) is 4.12. The lowest BCUT2D eigenvalue weighted by molar-refractivity contribution is -0.144. The molecular formula is C28H38F5N7O2. The van der Waals surface area contributed by atoms with Crippen LogP contribution in [0.2, 0.25) is 0 Å². The lowest BCUT2D eigenvalue weighted by Gasteiger charge is -2.20. The monoisotopic (exact) mass is 599 g/mol. The molecule has 1 aliphatic carbocycles. The zero-order valence-electron chi connectivity index (χ0n) is 24.1. The maximum atomic E-state index is 12.4. The van der Waals surface area contributed by atoms with Gasteiger partial charge in [-0.3, -0.25) is 9.59 Å². The van der Waals surface area contributed by atoms with Gasteiger partial charge in [-0.2, -0.15) is 23.1 Å². The fraction of sp³-hybridized carbons (Fsp3) is 0.607. The van der Waals surface area contributed by atoms with E-state index in [1.165, 1.54) is 11.0 Å². The summed E-state index contributed by atoms with van der Waals surface area (Å²) < 4.78 is 61.0. The first kappa shape index (κ1) is 32.9. The normalized spacial score (nSPS) is 15.1. The summed E-state index contributed by atoms with van der Waals surface area (Å²) in [7, 11) is 0. The number of imidazole rings is 1. The molecule has 9 nitrogen and oxygen atoms in total. The van der Waals surface area contributed by atoms with Gasteiger partial charge in [0.05, 0.1) is 36.7 Å². The molecule has 42 heavy (non-hydrogen) atoms. The molecule has 3 aromatic rings. The highest BCUT2D eigenvalue weighted by Gasteiger charge is 2.30. The zero-order chi connectivity index (χ0) is 31.0. The quantitative estimate of drug-likeness (QED) is 0.258. The van der Waals surface area contributed by atoms with E-state index in [2.05, 4.69) is 51.6 Å². The number of benzene rings is 1. The van der Waals surface area contributed by atoms with E-state index in [1.807, 2.05) is 0 Å². The van der Waals surface area contributed by atoms with Crippen LogP contribution in [0.5, 0.6) is 0 Å². The van der Waals surface area contributed by atoms with Crippen LogP contribution < -0.4 is 10.6 Å². The molecule has 0 aliphatic heterocycles. The highest BCUT2D eigenvalue weighted by Crippen LogP contribution is 2.32. The highest BCUT2D eigenvalue weighted by atomic mass is 19.4. The topological polar surface area (TPSA) is 118 Å². The molecule has 0 spiro atoms. The van der Waals surface area contributed by atoms with E-state index in [1.54, 1.807) is 18.2 Å². The molecule has 1 aromatic carbocycles. The Morgan fingerprint density at radius 1 is 1.02 bits per heavy atom. The van der Waals surface area contributed by atoms with Crippen molar-refractivity contribution < 1.29 is 31.5 Å². The first-order valence-corrected chi connectivity index (χ1v) is 14.0. The summed E-state index contributed by atoms with van der Waals surface area (Å²) in [4.78, 5) is 33.0. The summed E-state index contributed by atoms with van der Waals surface area (Å²) in [5.41, 5.74) is 2.40. The van der Waals surface area contributed by atoms with Crippen LogP contribution in [-0.4, -0.2) is 48.9 Å². The van der Waals surface area contributed by atoms with Crippen molar-refractivity contribution in [3.05, 3.63) is 41.5 Å². The molecule has 0 unspecified atom stereocenters. The van der Waals surface area contributed by atoms with E-state index < -0.39 is 30.8 Å². The van der Waals surface area contributed by atoms with E-state index >= 15 is 0 Å². The molecule has 2 heterocycles. The number of halogens is 5. The standard InChI is InChI=1S/C22H28F3N7O2.C6H10F2/c1-21(2,3)8-9-32-28-12-17(31-32)20(34)27-13-18-29-15-5-4-14(10-16(15)30-18)11-26-19(33)6-7-22(23,24)25;7-6(8)4-2-1-3-5-6/h4-5,10,12H,6-9,11,13H2,1-3H3,(H,26,33)(H,27,34)(H,29,30);1-5H2. The second-order valence-electron chi connectivity index (χ2n) is 11.7. The number of nitrogens with zero attached hydrogens (tertiary/aromatic N) is 4. The van der Waals surface area contributed by atoms with Crippen LogP contribution in [-0.2, 0) is 24.4 Å². The number of carbonyl (C=O) groups is 2. The van der Waals surface area contributed by atoms with Gasteiger partial charge in [-0.15, -0.1) is 5.10 Å². The fourth-order valence-corrected chi connectivity index (χ4v) is 4.12. The van der Waals surface area contributed by atoms with Gasteiger partial charge < -0.3 is 15.6 Å². The molecule has 0 radical (unpaired) electrons. The number of nitrogens with one attached hydrogen (secondary N) is 3. The molecule has 232 valence electrons. The largest absolute Gasteiger partial charge is 0.389 e. The SMILES string of the molecule is CC(C)(C)CCn1ncc(C(=O)NCc2nc3ccc(CNC(=O)CCC(F)(F)F)cc3[nH]2)n1.FC1(F)CCCCC1. The van der Waals surface area contributed by atoms with E-state index in [4.69, 9.17) is 0 Å². The Kier molecular flexibility index (Phi) is 11.0. The van der Waals surface area contributed by atoms with Gasteiger partial charge in [0.25, 0.3) is 5.91 Å². The van der Waals surface area contributed by atoms with Gasteiger partial charge in [0.2, 0.25) is 11.8 Å². The molecule has 1 aliphatic rings. The Morgan fingerprint density at radius 2 is 1.74 bits per heavy atom. The number of H-pyrrole nitrogens is 1. The third-order valence-corrected chi connectivity index (χ3v) is 6.55. The number of rotatable bonds is 9. The summed E-state index contributed by atoms with van der Waals surface area (Å²) in [5.74, 6) is -2.83. The van der Waals surface area contributed by atoms with Crippen LogP contribution in [0.1, 0.15) is 94.0 Å². The Morgan fingerprint density at radius 3 is 2.36 bits per heavy atom. The number of fused-ring (bicyclic) bond motifs is 1. The molecule has 2 aromatic heterocycles. The molecular weight excluding hydrogens is 561 g/mol. The van der Waals surface area contributed by atoms with Crippen molar-refractivity contribution in [1.29, 1.82) is 0 Å². The van der Waals surface area contributed by atoms with Gasteiger partial charge in [-0.05, 0) is 42.4 Å². The van der Waals surface area contributed by atoms with Crippen molar-refractivity contribution in [1.82, 2.24) is 35.6 Å². The van der Waals surface area contributed by atoms with Crippen LogP contribution in [0.4, 0.5) is 22.0 Å². The van der Waals surface area contributed by atoms with Gasteiger partial charge in [-0.1, -0.05) is 33.3 Å². The van der Waals surface area contributed by atoms with Crippen LogP contribution in [0, 0.1) is 5.41 Å². The van der Waals surface area contributed by atoms with Gasteiger partial charge in [-0.25, -0.2) is 13.8 Å². The van der Waals surface area contributed by atoms with Gasteiger partial charge in [0.1, 0.15) is 5.82 Å². The van der Waals surface area contributed by atoms with E-state index in [-0.39, 0.29) is 42.9 Å². The zero-order valence-corrected chi connectivity index (χ0v) is 24.1. The minimum absolute atomic E-state index is 0.0998. The van der Waals surface area contributed by atoms with Crippen LogP contribution in [0.15, 0.2) is 24.4 Å². The third-order valence-electron chi connectivity index (χ3n) is 6.55. The lowest BCUT2D eigenvalue weighted by atomic mass is 9.92. The minimum atomic E-state index is -4.36. The molecule has 1 saturated carbocycles. The molecule has 14 heteroatoms. The van der Waals surface area contributed by atoms with E-state index in [0.717, 1.165) is 12.8 Å². The summed E-state index contributed by atoms with van der Waals surface area (Å²) in [5, 5.41) is 13.6. The van der Waals surface area contributed by atoms with E-state index in [0.29, 0.717) is 41.8 Å². The first-order valence-electron chi connectivity index (χ1n) is 14.0. The second-order valence-corrected chi connectivity index (χ2v) is 11.7. The average molecular weight is 600 g/mol. The summed E-state index contributed by atoms with van der Waals surface area (Å²) >= 11 is 0. The van der Waals surface area contributed by atoms with Gasteiger partial charge in [0.15, 0.2) is 5.69 Å². The van der Waals surface area contributed by atoms with Crippen molar-refractivity contribution in [2.24, 2.45) is 5.41 Å². The van der Waals surface area contributed by atoms with Crippen molar-refractivity contribution in [3.63, 3.8) is 0 Å². The lowest BCUT2D eigenvalue weighted by Crippen LogP contribution is -2.24. The predicted molar refractivity (Wildman–Crippen MR) is 147 cm³/mol. The van der Waals surface area contributed by atoms with Crippen molar-refractivity contribution in [2.75, 3.05) is 0 Å². The number of carbonyl (C=O) groups excluding carboxylic acids is 2. The summed E-state index contributed by atoms with van der Waals surface area (Å²) in [6.07, 6.45) is -1.16. The van der Waals surface area contributed by atoms with Crippen LogP contribution >= 0.6 is 0 Å². The summed E-state index contributed by atoms with van der Waals surface area (Å²) in [6.45, 7) is 7.22. The highest BCUT2D eigenvalue weighted by molar-refractivity contribution is 5.91. The smallest absolute Gasteiger partial charge is 0.352 e. The van der Waals surface area contributed by atoms with Crippen molar-refractivity contribution in [2.45, 2.75) is 104 Å². The molecule has 3 N–H and O–H groups in total. The van der Waals surface area contributed by atoms with Crippen molar-refractivity contribution in [3.8, 4) is 0 Å². The first-order chi connectivity index (χ1) is 19.6. The van der Waals surface area contributed by atoms with Gasteiger partial charge >= 0.3 is 6.18 Å². The van der Waals surface area contributed by atoms with Gasteiger partial charge in [0, 0.05) is 25.8 Å². The number of aromatic amines is 1. The maximum Gasteiger partial charge on any atom is 0.389 e. The maximum absolute atomic E-state index is 12.4. The number of aromatic nitrogens is 5. The number of aryl methyl sites for hydroxylation is 1. The number of amides is 2. The molecule has 0 bridgehead atoms. The second kappa shape index (κ2) is 14.1. The van der Waals surface area contributed by atoms with Crippen LogP contribution in [0.25, 0.3) is 11.0 Å². The molecule has 2 amide bonds. The Bertz CT molecular complexity index is 1320. The van der Waals surface area contributed by atoms with Crippen LogP contribution in [0.3, 0.4) is 0 Å². The third kappa shape index (κ3) is 11.7. The Labute approximate surface area is 241 Å². The Hall–Kier alpha value is -3.58. The Balaban J connectivity index is 0.000000521. The number of alkyl halides is 5. The number of hydrogen-bond acceptors (Lipinski definition) is 5. The molecule has 1 fully saturated rings. The summed E-state index contributed by atoms with van der Waals surface area (Å²) in [6, 6.07) is 5.21. The predicted octanol–water partition coefficient (Wildman–Crippen LogP) is 6.07.